The predicted octanol–water partition coefficient (Wildman–Crippen LogP) is 5.80. The van der Waals surface area contributed by atoms with Crippen molar-refractivity contribution in [3.8, 4) is 5.75 Å². The lowest BCUT2D eigenvalue weighted by atomic mass is 10.2. The maximum absolute atomic E-state index is 13.7. The molecule has 0 unspecified atom stereocenters. The molecule has 0 atom stereocenters. The summed E-state index contributed by atoms with van der Waals surface area (Å²) in [6.45, 7) is 1.25. The number of nitrogens with one attached hydrogen (secondary N) is 1. The highest BCUT2D eigenvalue weighted by molar-refractivity contribution is 7.93. The van der Waals surface area contributed by atoms with Crippen LogP contribution in [0.25, 0.3) is 0 Å². The summed E-state index contributed by atoms with van der Waals surface area (Å²) in [5, 5.41) is 3.58. The Morgan fingerprint density at radius 1 is 0.969 bits per heavy atom. The fraction of sp³-hybridized carbons (Fsp3) is 0.136. The van der Waals surface area contributed by atoms with Crippen molar-refractivity contribution in [3.63, 3.8) is 0 Å². The van der Waals surface area contributed by atoms with Crippen molar-refractivity contribution in [3.05, 3.63) is 81.3 Å². The highest BCUT2D eigenvalue weighted by Crippen LogP contribution is 2.33. The summed E-state index contributed by atoms with van der Waals surface area (Å²) < 4.78 is 33.5. The van der Waals surface area contributed by atoms with Crippen molar-refractivity contribution >= 4 is 62.1 Å². The molecule has 0 spiro atoms. The average Bonchev–Trinajstić information content (AvgIpc) is 2.75. The number of ether oxygens (including phenoxy) is 1. The van der Waals surface area contributed by atoms with E-state index in [2.05, 4.69) is 5.32 Å². The first-order chi connectivity index (χ1) is 15.1. The Kier molecular flexibility index (Phi) is 7.56. The molecule has 6 nitrogen and oxygen atoms in total. The number of sulfonamides is 1. The summed E-state index contributed by atoms with van der Waals surface area (Å²) in [6.07, 6.45) is 0. The van der Waals surface area contributed by atoms with E-state index in [0.29, 0.717) is 16.3 Å². The van der Waals surface area contributed by atoms with Gasteiger partial charge in [-0.3, -0.25) is 9.10 Å². The number of carbonyl (C=O) groups excluding carboxylic acids is 1. The summed E-state index contributed by atoms with van der Waals surface area (Å²) >= 11 is 18.0. The minimum atomic E-state index is -4.22. The Balaban J connectivity index is 2.04. The predicted molar refractivity (Wildman–Crippen MR) is 129 cm³/mol. The van der Waals surface area contributed by atoms with Gasteiger partial charge in [0.1, 0.15) is 17.2 Å². The molecule has 0 aliphatic rings. The van der Waals surface area contributed by atoms with Crippen molar-refractivity contribution in [1.29, 1.82) is 0 Å². The molecule has 0 aliphatic carbocycles. The number of hydrogen-bond donors (Lipinski definition) is 1. The van der Waals surface area contributed by atoms with E-state index in [1.54, 1.807) is 43.3 Å². The molecule has 0 fully saturated rings. The number of benzene rings is 3. The van der Waals surface area contributed by atoms with Crippen LogP contribution in [0.3, 0.4) is 0 Å². The van der Waals surface area contributed by atoms with Crippen LogP contribution in [0.2, 0.25) is 15.1 Å². The van der Waals surface area contributed by atoms with E-state index in [-0.39, 0.29) is 26.4 Å². The van der Waals surface area contributed by atoms with Gasteiger partial charge in [0, 0.05) is 10.7 Å². The summed E-state index contributed by atoms with van der Waals surface area (Å²) in [6, 6.07) is 15.6. The van der Waals surface area contributed by atoms with Gasteiger partial charge in [0.05, 0.1) is 22.8 Å². The van der Waals surface area contributed by atoms with Gasteiger partial charge in [-0.05, 0) is 67.1 Å². The zero-order valence-corrected chi connectivity index (χ0v) is 20.2. The summed E-state index contributed by atoms with van der Waals surface area (Å²) in [7, 11) is -2.84. The van der Waals surface area contributed by atoms with Crippen LogP contribution in [-0.2, 0) is 14.8 Å². The Bertz CT molecular complexity index is 1250. The number of nitrogens with zero attached hydrogens (tertiary/aromatic N) is 1. The average molecular weight is 514 g/mol. The van der Waals surface area contributed by atoms with E-state index >= 15 is 0 Å². The van der Waals surface area contributed by atoms with Gasteiger partial charge in [-0.15, -0.1) is 0 Å². The number of hydrogen-bond acceptors (Lipinski definition) is 4. The number of methoxy groups -OCH3 is 1. The maximum atomic E-state index is 13.7. The number of rotatable bonds is 7. The highest BCUT2D eigenvalue weighted by atomic mass is 35.5. The second kappa shape index (κ2) is 10.0. The van der Waals surface area contributed by atoms with E-state index in [9.17, 15) is 13.2 Å². The van der Waals surface area contributed by atoms with Crippen LogP contribution in [0.15, 0.2) is 65.6 Å². The fourth-order valence-electron chi connectivity index (χ4n) is 2.92. The number of anilines is 2. The van der Waals surface area contributed by atoms with Gasteiger partial charge in [-0.2, -0.15) is 0 Å². The Labute approximate surface area is 201 Å². The van der Waals surface area contributed by atoms with Crippen LogP contribution in [-0.4, -0.2) is 28.0 Å². The first-order valence-electron chi connectivity index (χ1n) is 9.29. The van der Waals surface area contributed by atoms with Crippen molar-refractivity contribution in [1.82, 2.24) is 0 Å². The molecule has 3 aromatic carbocycles. The van der Waals surface area contributed by atoms with Gasteiger partial charge in [0.25, 0.3) is 10.0 Å². The van der Waals surface area contributed by atoms with E-state index in [4.69, 9.17) is 39.5 Å². The first kappa shape index (κ1) is 24.2. The van der Waals surface area contributed by atoms with Crippen LogP contribution in [0, 0.1) is 6.92 Å². The van der Waals surface area contributed by atoms with Gasteiger partial charge in [0.15, 0.2) is 0 Å². The topological polar surface area (TPSA) is 75.7 Å². The third kappa shape index (κ3) is 5.48. The Morgan fingerprint density at radius 3 is 2.28 bits per heavy atom. The van der Waals surface area contributed by atoms with Gasteiger partial charge in [-0.1, -0.05) is 40.9 Å². The quantitative estimate of drug-likeness (QED) is 0.433. The van der Waals surface area contributed by atoms with Crippen LogP contribution in [0.4, 0.5) is 11.4 Å². The lowest BCUT2D eigenvalue weighted by molar-refractivity contribution is -0.114. The van der Waals surface area contributed by atoms with Crippen molar-refractivity contribution in [2.75, 3.05) is 23.3 Å². The molecule has 10 heteroatoms. The van der Waals surface area contributed by atoms with E-state index in [0.717, 1.165) is 4.31 Å². The largest absolute Gasteiger partial charge is 0.495 e. The molecule has 1 amide bonds. The lowest BCUT2D eigenvalue weighted by Gasteiger charge is -2.25. The molecule has 0 aliphatic heterocycles. The van der Waals surface area contributed by atoms with Crippen LogP contribution in [0.5, 0.6) is 5.75 Å². The SMILES string of the molecule is COc1ccc(C)cc1S(=O)(=O)N(CC(=O)Nc1ccc(Cl)cc1)c1ccc(Cl)c(Cl)c1. The molecule has 3 aromatic rings. The summed E-state index contributed by atoms with van der Waals surface area (Å²) in [5.41, 5.74) is 1.36. The third-order valence-corrected chi connectivity index (χ3v) is 7.28. The number of carbonyl (C=O) groups is 1. The smallest absolute Gasteiger partial charge is 0.268 e. The normalized spacial score (nSPS) is 11.2. The molecule has 3 rings (SSSR count). The van der Waals surface area contributed by atoms with Crippen molar-refractivity contribution < 1.29 is 17.9 Å². The minimum absolute atomic E-state index is 0.0784. The zero-order valence-electron chi connectivity index (χ0n) is 17.1. The number of halogens is 3. The van der Waals surface area contributed by atoms with E-state index in [1.165, 1.54) is 31.4 Å². The molecule has 0 saturated carbocycles. The van der Waals surface area contributed by atoms with Gasteiger partial charge < -0.3 is 10.1 Å². The standard InChI is InChI=1S/C22H19Cl3N2O4S/c1-14-3-10-20(31-2)21(11-14)32(29,30)27(17-8-9-18(24)19(25)12-17)13-22(28)26-16-6-4-15(23)5-7-16/h3-12H,13H2,1-2H3,(H,26,28). The molecule has 0 heterocycles. The fourth-order valence-corrected chi connectivity index (χ4v) is 5.00. The monoisotopic (exact) mass is 512 g/mol. The maximum Gasteiger partial charge on any atom is 0.268 e. The minimum Gasteiger partial charge on any atom is -0.495 e. The second-order valence-corrected chi connectivity index (χ2v) is 9.90. The third-order valence-electron chi connectivity index (χ3n) is 4.49. The highest BCUT2D eigenvalue weighted by Gasteiger charge is 2.30. The van der Waals surface area contributed by atoms with Crippen molar-refractivity contribution in [2.45, 2.75) is 11.8 Å². The number of aryl methyl sites for hydroxylation is 1. The lowest BCUT2D eigenvalue weighted by Crippen LogP contribution is -2.38. The molecule has 1 N–H and O–H groups in total. The molecule has 32 heavy (non-hydrogen) atoms. The second-order valence-electron chi connectivity index (χ2n) is 6.82. The molecular weight excluding hydrogens is 495 g/mol. The van der Waals surface area contributed by atoms with Crippen molar-refractivity contribution in [2.24, 2.45) is 0 Å². The van der Waals surface area contributed by atoms with E-state index < -0.39 is 22.5 Å². The molecule has 168 valence electrons. The molecular formula is C22H19Cl3N2O4S. The van der Waals surface area contributed by atoms with Gasteiger partial charge in [-0.25, -0.2) is 8.42 Å². The zero-order chi connectivity index (χ0) is 23.5. The van der Waals surface area contributed by atoms with Crippen LogP contribution < -0.4 is 14.4 Å². The molecule has 0 radical (unpaired) electrons. The van der Waals surface area contributed by atoms with Gasteiger partial charge >= 0.3 is 0 Å². The van der Waals surface area contributed by atoms with Crippen LogP contribution in [0.1, 0.15) is 5.56 Å². The summed E-state index contributed by atoms with van der Waals surface area (Å²) in [5.74, 6) is -0.410. The molecule has 0 saturated heterocycles. The van der Waals surface area contributed by atoms with Gasteiger partial charge in [0.2, 0.25) is 5.91 Å². The summed E-state index contributed by atoms with van der Waals surface area (Å²) in [4.78, 5) is 12.7. The first-order valence-corrected chi connectivity index (χ1v) is 11.9. The Morgan fingerprint density at radius 2 is 1.66 bits per heavy atom. The van der Waals surface area contributed by atoms with Crippen LogP contribution >= 0.6 is 34.8 Å². The molecule has 0 aromatic heterocycles. The van der Waals surface area contributed by atoms with E-state index in [1.807, 2.05) is 0 Å². The number of amides is 1. The Hall–Kier alpha value is -2.45. The molecule has 0 bridgehead atoms.